The maximum Gasteiger partial charge on any atom is 0.186 e. The lowest BCUT2D eigenvalue weighted by Gasteiger charge is -2.40. The molecule has 11 heteroatoms. The molecular formula is C39H77NO9S. The molecule has 0 aromatic heterocycles. The Labute approximate surface area is 305 Å². The molecule has 0 radical (unpaired) electrons. The van der Waals surface area contributed by atoms with Gasteiger partial charge in [0.1, 0.15) is 30.5 Å². The fourth-order valence-electron chi connectivity index (χ4n) is 7.19. The van der Waals surface area contributed by atoms with Crippen LogP contribution < -0.4 is 0 Å². The first-order chi connectivity index (χ1) is 24.2. The zero-order valence-electron chi connectivity index (χ0n) is 31.8. The molecule has 0 saturated carbocycles. The maximum atomic E-state index is 13.6. The highest BCUT2D eigenvalue weighted by molar-refractivity contribution is 7.92. The summed E-state index contributed by atoms with van der Waals surface area (Å²) in [5.41, 5.74) is 0. The van der Waals surface area contributed by atoms with Crippen molar-refractivity contribution in [3.63, 3.8) is 0 Å². The van der Waals surface area contributed by atoms with Crippen molar-refractivity contribution >= 4 is 9.73 Å². The van der Waals surface area contributed by atoms with Gasteiger partial charge in [-0.05, 0) is 31.6 Å². The topological polar surface area (TPSA) is 158 Å². The number of unbranched alkanes of at least 4 members (excludes halogenated alkanes) is 19. The van der Waals surface area contributed by atoms with Gasteiger partial charge in [0.2, 0.25) is 0 Å². The monoisotopic (exact) mass is 736 g/mol. The van der Waals surface area contributed by atoms with Gasteiger partial charge in [0, 0.05) is 35.0 Å². The lowest BCUT2D eigenvalue weighted by molar-refractivity contribution is -0.302. The number of nitrogens with zero attached hydrogens (tertiary/aromatic N) is 1. The number of aliphatic hydroxyl groups is 5. The molecule has 0 bridgehead atoms. The average molecular weight is 736 g/mol. The summed E-state index contributed by atoms with van der Waals surface area (Å²) in [6, 6.07) is -0.798. The first-order valence-electron chi connectivity index (χ1n) is 20.5. The van der Waals surface area contributed by atoms with E-state index in [1.165, 1.54) is 109 Å². The third kappa shape index (κ3) is 20.2. The Hall–Kier alpha value is -0.370. The van der Waals surface area contributed by atoms with Crippen LogP contribution in [0.3, 0.4) is 0 Å². The molecule has 5 N–H and O–H groups in total. The van der Waals surface area contributed by atoms with E-state index in [1.54, 1.807) is 6.26 Å². The largest absolute Gasteiger partial charge is 0.394 e. The zero-order valence-corrected chi connectivity index (χ0v) is 32.7. The Morgan fingerprint density at radius 1 is 0.760 bits per heavy atom. The van der Waals surface area contributed by atoms with Gasteiger partial charge in [-0.2, -0.15) is 0 Å². The predicted octanol–water partition coefficient (Wildman–Crippen LogP) is 6.66. The summed E-state index contributed by atoms with van der Waals surface area (Å²) < 4.78 is 34.9. The molecule has 2 heterocycles. The number of rotatable bonds is 31. The van der Waals surface area contributed by atoms with E-state index in [4.69, 9.17) is 14.2 Å². The van der Waals surface area contributed by atoms with Crippen molar-refractivity contribution in [3.05, 3.63) is 0 Å². The zero-order chi connectivity index (χ0) is 36.5. The van der Waals surface area contributed by atoms with Crippen molar-refractivity contribution in [2.75, 3.05) is 38.4 Å². The molecule has 0 aromatic rings. The normalized spacial score (nSPS) is 26.5. The van der Waals surface area contributed by atoms with Crippen LogP contribution in [-0.4, -0.2) is 111 Å². The van der Waals surface area contributed by atoms with E-state index in [1.807, 2.05) is 0 Å². The van der Waals surface area contributed by atoms with Crippen LogP contribution in [0, 0.1) is 5.92 Å². The number of hydrogen-bond acceptors (Lipinski definition) is 10. The van der Waals surface area contributed by atoms with Gasteiger partial charge >= 0.3 is 0 Å². The Kier molecular flexibility index (Phi) is 25.8. The van der Waals surface area contributed by atoms with Crippen LogP contribution in [0.1, 0.15) is 161 Å². The second-order valence-electron chi connectivity index (χ2n) is 15.3. The van der Waals surface area contributed by atoms with Crippen LogP contribution in [0.15, 0.2) is 4.36 Å². The Morgan fingerprint density at radius 3 is 1.84 bits per heavy atom. The second kappa shape index (κ2) is 28.1. The van der Waals surface area contributed by atoms with Gasteiger partial charge in [0.25, 0.3) is 0 Å². The van der Waals surface area contributed by atoms with Crippen LogP contribution in [0.25, 0.3) is 0 Å². The van der Waals surface area contributed by atoms with Gasteiger partial charge in [-0.25, -0.2) is 4.36 Å². The Morgan fingerprint density at radius 2 is 1.30 bits per heavy atom. The van der Waals surface area contributed by atoms with Crippen molar-refractivity contribution in [1.29, 1.82) is 0 Å². The predicted molar refractivity (Wildman–Crippen MR) is 202 cm³/mol. The SMILES string of the molecule is CCCCCCCCCCCCCCC[C@@H](O)[C@H](COC1OC(CO)C(O)C(O)C1O)N=S(C)(=O)CCCCCCCCCCC1CCOC1. The summed E-state index contributed by atoms with van der Waals surface area (Å²) in [6.45, 7) is 3.40. The van der Waals surface area contributed by atoms with E-state index in [0.717, 1.165) is 57.7 Å². The molecule has 7 unspecified atom stereocenters. The van der Waals surface area contributed by atoms with Crippen LogP contribution >= 0.6 is 0 Å². The molecule has 2 saturated heterocycles. The number of aliphatic hydroxyl groups excluding tert-OH is 5. The van der Waals surface area contributed by atoms with E-state index in [-0.39, 0.29) is 6.61 Å². The third-order valence-corrected chi connectivity index (χ3v) is 12.4. The minimum atomic E-state index is -2.61. The van der Waals surface area contributed by atoms with Gasteiger partial charge in [-0.15, -0.1) is 0 Å². The highest BCUT2D eigenvalue weighted by Crippen LogP contribution is 2.24. The molecule has 0 amide bonds. The molecule has 50 heavy (non-hydrogen) atoms. The van der Waals surface area contributed by atoms with Gasteiger partial charge in [-0.1, -0.05) is 135 Å². The summed E-state index contributed by atoms with van der Waals surface area (Å²) >= 11 is 0. The molecular weight excluding hydrogens is 658 g/mol. The van der Waals surface area contributed by atoms with Crippen molar-refractivity contribution in [2.45, 2.75) is 204 Å². The fourth-order valence-corrected chi connectivity index (χ4v) is 8.81. The second-order valence-corrected chi connectivity index (χ2v) is 17.9. The first kappa shape index (κ1) is 45.8. The van der Waals surface area contributed by atoms with Gasteiger partial charge in [0.05, 0.1) is 19.3 Å². The standard InChI is InChI=1S/C39H77NO9S/c1-3-4-5-6-7-8-9-10-11-12-16-19-22-25-34(42)33(31-48-39-38(45)37(44)36(43)35(29-41)49-39)40-50(2,46)28-23-20-17-14-13-15-18-21-24-32-26-27-47-30-32/h32-39,41-45H,3-31H2,1-2H3/t32?,33-,34+,35?,36?,37?,38?,39?,50?/m0/s1. The van der Waals surface area contributed by atoms with Crippen molar-refractivity contribution < 1.29 is 44.0 Å². The van der Waals surface area contributed by atoms with Crippen LogP contribution in [-0.2, 0) is 23.9 Å². The van der Waals surface area contributed by atoms with Crippen molar-refractivity contribution in [2.24, 2.45) is 10.3 Å². The highest BCUT2D eigenvalue weighted by atomic mass is 32.2. The van der Waals surface area contributed by atoms with Gasteiger partial charge in [-0.3, -0.25) is 4.21 Å². The fraction of sp³-hybridized carbons (Fsp3) is 1.00. The molecule has 10 nitrogen and oxygen atoms in total. The summed E-state index contributed by atoms with van der Waals surface area (Å²) in [7, 11) is -2.61. The molecule has 0 spiro atoms. The molecule has 2 aliphatic rings. The first-order valence-corrected chi connectivity index (χ1v) is 22.6. The van der Waals surface area contributed by atoms with Crippen molar-refractivity contribution in [3.8, 4) is 0 Å². The number of ether oxygens (including phenoxy) is 3. The molecule has 9 atom stereocenters. The lowest BCUT2D eigenvalue weighted by atomic mass is 9.99. The smallest absolute Gasteiger partial charge is 0.186 e. The van der Waals surface area contributed by atoms with E-state index >= 15 is 0 Å². The summed E-state index contributed by atoms with van der Waals surface area (Å²) in [6.07, 6.45) is 22.0. The minimum absolute atomic E-state index is 0.166. The summed E-state index contributed by atoms with van der Waals surface area (Å²) in [5.74, 6) is 1.21. The van der Waals surface area contributed by atoms with Gasteiger partial charge < -0.3 is 39.7 Å². The van der Waals surface area contributed by atoms with Crippen LogP contribution in [0.4, 0.5) is 0 Å². The molecule has 2 aliphatic heterocycles. The third-order valence-electron chi connectivity index (χ3n) is 10.6. The van der Waals surface area contributed by atoms with Crippen LogP contribution in [0.5, 0.6) is 0 Å². The quantitative estimate of drug-likeness (QED) is 0.0491. The number of hydrogen-bond donors (Lipinski definition) is 5. The molecule has 298 valence electrons. The van der Waals surface area contributed by atoms with Crippen LogP contribution in [0.2, 0.25) is 0 Å². The lowest BCUT2D eigenvalue weighted by Crippen LogP contribution is -2.59. The highest BCUT2D eigenvalue weighted by Gasteiger charge is 2.44. The van der Waals surface area contributed by atoms with Gasteiger partial charge in [0.15, 0.2) is 6.29 Å². The van der Waals surface area contributed by atoms with E-state index in [9.17, 15) is 29.7 Å². The van der Waals surface area contributed by atoms with E-state index in [0.29, 0.717) is 12.2 Å². The van der Waals surface area contributed by atoms with E-state index in [2.05, 4.69) is 11.3 Å². The van der Waals surface area contributed by atoms with Crippen molar-refractivity contribution in [1.82, 2.24) is 0 Å². The average Bonchev–Trinajstić information content (AvgIpc) is 3.62. The Bertz CT molecular complexity index is 925. The Balaban J connectivity index is 1.75. The molecule has 0 aliphatic carbocycles. The molecule has 2 rings (SSSR count). The molecule has 0 aromatic carbocycles. The molecule has 2 fully saturated rings. The minimum Gasteiger partial charge on any atom is -0.394 e. The summed E-state index contributed by atoms with van der Waals surface area (Å²) in [4.78, 5) is 0. The maximum absolute atomic E-state index is 13.6. The van der Waals surface area contributed by atoms with E-state index < -0.39 is 59.2 Å². The summed E-state index contributed by atoms with van der Waals surface area (Å²) in [5, 5.41) is 51.5.